The maximum absolute atomic E-state index is 12.0. The minimum absolute atomic E-state index is 0.158. The second-order valence-corrected chi connectivity index (χ2v) is 8.38. The molecule has 6 nitrogen and oxygen atoms in total. The van der Waals surface area contributed by atoms with Crippen LogP contribution in [0, 0.1) is 5.92 Å². The van der Waals surface area contributed by atoms with Crippen molar-refractivity contribution in [3.8, 4) is 0 Å². The van der Waals surface area contributed by atoms with E-state index < -0.39 is 0 Å². The Morgan fingerprint density at radius 1 is 1.26 bits per heavy atom. The van der Waals surface area contributed by atoms with Crippen LogP contribution in [-0.2, 0) is 11.2 Å². The number of amides is 3. The highest BCUT2D eigenvalue weighted by Crippen LogP contribution is 2.44. The maximum Gasteiger partial charge on any atom is 0.324 e. The summed E-state index contributed by atoms with van der Waals surface area (Å²) in [6.45, 7) is 2.35. The van der Waals surface area contributed by atoms with Gasteiger partial charge in [0.1, 0.15) is 0 Å². The fraction of sp³-hybridized carbons (Fsp3) is 0.524. The van der Waals surface area contributed by atoms with Crippen molar-refractivity contribution < 1.29 is 9.59 Å². The van der Waals surface area contributed by atoms with Crippen molar-refractivity contribution in [2.45, 2.75) is 37.6 Å². The molecule has 0 saturated carbocycles. The minimum Gasteiger partial charge on any atom is -0.361 e. The number of rotatable bonds is 3. The number of carbonyl (C=O) groups excluding carboxylic acids is 2. The third-order valence-corrected chi connectivity index (χ3v) is 6.76. The molecule has 2 N–H and O–H groups in total. The van der Waals surface area contributed by atoms with Gasteiger partial charge in [-0.25, -0.2) is 4.79 Å². The van der Waals surface area contributed by atoms with Gasteiger partial charge in [-0.05, 0) is 49.4 Å². The molecule has 1 aromatic heterocycles. The van der Waals surface area contributed by atoms with Crippen LogP contribution in [-0.4, -0.2) is 59.4 Å². The third-order valence-electron chi connectivity index (χ3n) is 6.76. The summed E-state index contributed by atoms with van der Waals surface area (Å²) >= 11 is 0. The molecular weight excluding hydrogens is 340 g/mol. The topological polar surface area (TPSA) is 68.4 Å². The molecule has 2 aromatic rings. The Balaban J connectivity index is 1.33. The highest BCUT2D eigenvalue weighted by atomic mass is 16.2. The summed E-state index contributed by atoms with van der Waals surface area (Å²) in [4.78, 5) is 31.1. The number of H-pyrrole nitrogens is 1. The molecule has 2 fully saturated rings. The Hall–Kier alpha value is -2.34. The van der Waals surface area contributed by atoms with Crippen LogP contribution in [0.3, 0.4) is 0 Å². The van der Waals surface area contributed by atoms with E-state index in [1.165, 1.54) is 28.5 Å². The number of urea groups is 1. The Kier molecular flexibility index (Phi) is 3.97. The Morgan fingerprint density at radius 2 is 2.15 bits per heavy atom. The molecule has 3 amide bonds. The molecule has 0 radical (unpaired) electrons. The molecule has 1 aromatic carbocycles. The number of benzene rings is 1. The molecule has 1 aliphatic carbocycles. The van der Waals surface area contributed by atoms with E-state index in [1.807, 2.05) is 0 Å². The van der Waals surface area contributed by atoms with Crippen LogP contribution < -0.4 is 5.32 Å². The molecular formula is C21H26N4O2. The van der Waals surface area contributed by atoms with Crippen LogP contribution in [0.5, 0.6) is 0 Å². The van der Waals surface area contributed by atoms with E-state index in [9.17, 15) is 9.59 Å². The van der Waals surface area contributed by atoms with Crippen molar-refractivity contribution in [1.29, 1.82) is 0 Å². The summed E-state index contributed by atoms with van der Waals surface area (Å²) in [6, 6.07) is 6.97. The summed E-state index contributed by atoms with van der Waals surface area (Å²) in [7, 11) is 2.24. The van der Waals surface area contributed by atoms with Gasteiger partial charge >= 0.3 is 6.03 Å². The predicted molar refractivity (Wildman–Crippen MR) is 104 cm³/mol. The van der Waals surface area contributed by atoms with Crippen molar-refractivity contribution >= 4 is 22.8 Å². The number of likely N-dealkylation sites (N-methyl/N-ethyl adjacent to an activating group) is 1. The predicted octanol–water partition coefficient (Wildman–Crippen LogP) is 2.46. The van der Waals surface area contributed by atoms with Gasteiger partial charge in [-0.2, -0.15) is 0 Å². The van der Waals surface area contributed by atoms with Crippen LogP contribution in [0.4, 0.5) is 4.79 Å². The maximum atomic E-state index is 12.0. The highest BCUT2D eigenvalue weighted by Gasteiger charge is 2.39. The molecule has 0 bridgehead atoms. The summed E-state index contributed by atoms with van der Waals surface area (Å²) in [5.41, 5.74) is 4.18. The highest BCUT2D eigenvalue weighted by molar-refractivity contribution is 5.96. The standard InChI is InChI=1S/C21H26N4O2/c1-24-12-13(5-7-25-8-6-19(26)23-21(25)27)9-16-15-3-2-4-17-20(15)14(11-22-17)10-18(16)24/h2-4,11,13,16,18,22H,5-10,12H2,1H3,(H,23,26,27)/t13-,16-,18-/m1/s1. The quantitative estimate of drug-likeness (QED) is 0.877. The summed E-state index contributed by atoms with van der Waals surface area (Å²) in [6.07, 6.45) is 5.87. The number of imide groups is 1. The van der Waals surface area contributed by atoms with Gasteiger partial charge in [0, 0.05) is 55.1 Å². The molecule has 2 saturated heterocycles. The zero-order chi connectivity index (χ0) is 18.5. The molecule has 0 unspecified atom stereocenters. The van der Waals surface area contributed by atoms with Crippen LogP contribution in [0.2, 0.25) is 0 Å². The number of carbonyl (C=O) groups is 2. The molecule has 3 atom stereocenters. The molecule has 27 heavy (non-hydrogen) atoms. The van der Waals surface area contributed by atoms with Gasteiger partial charge in [0.05, 0.1) is 0 Å². The minimum atomic E-state index is -0.229. The molecule has 0 spiro atoms. The molecule has 3 heterocycles. The van der Waals surface area contributed by atoms with Crippen LogP contribution in [0.25, 0.3) is 10.9 Å². The Morgan fingerprint density at radius 3 is 3.00 bits per heavy atom. The number of hydrogen-bond acceptors (Lipinski definition) is 3. The number of nitrogens with one attached hydrogen (secondary N) is 2. The summed E-state index contributed by atoms with van der Waals surface area (Å²) in [5.74, 6) is 0.962. The molecule has 142 valence electrons. The van der Waals surface area contributed by atoms with E-state index in [-0.39, 0.29) is 11.9 Å². The van der Waals surface area contributed by atoms with Crippen LogP contribution in [0.15, 0.2) is 24.4 Å². The van der Waals surface area contributed by atoms with Gasteiger partial charge in [-0.3, -0.25) is 10.1 Å². The van der Waals surface area contributed by atoms with E-state index in [0.717, 1.165) is 25.9 Å². The zero-order valence-electron chi connectivity index (χ0n) is 15.7. The van der Waals surface area contributed by atoms with E-state index in [4.69, 9.17) is 0 Å². The number of aromatic amines is 1. The number of likely N-dealkylation sites (tertiary alicyclic amines) is 1. The van der Waals surface area contributed by atoms with Crippen molar-refractivity contribution in [1.82, 2.24) is 20.1 Å². The van der Waals surface area contributed by atoms with Crippen LogP contribution in [0.1, 0.15) is 36.3 Å². The fourth-order valence-electron chi connectivity index (χ4n) is 5.41. The monoisotopic (exact) mass is 366 g/mol. The average Bonchev–Trinajstić information content (AvgIpc) is 3.06. The first-order chi connectivity index (χ1) is 13.1. The van der Waals surface area contributed by atoms with Crippen molar-refractivity contribution in [2.24, 2.45) is 5.92 Å². The smallest absolute Gasteiger partial charge is 0.324 e. The summed E-state index contributed by atoms with van der Waals surface area (Å²) < 4.78 is 0. The van der Waals surface area contributed by atoms with E-state index in [1.54, 1.807) is 4.90 Å². The lowest BCUT2D eigenvalue weighted by Gasteiger charge is -2.46. The molecule has 2 aliphatic heterocycles. The normalized spacial score (nSPS) is 28.3. The second-order valence-electron chi connectivity index (χ2n) is 8.38. The average molecular weight is 366 g/mol. The van der Waals surface area contributed by atoms with Gasteiger partial charge in [0.25, 0.3) is 0 Å². The lowest BCUT2D eigenvalue weighted by Crippen LogP contribution is -2.51. The molecule has 6 heteroatoms. The first kappa shape index (κ1) is 16.8. The molecule has 3 aliphatic rings. The van der Waals surface area contributed by atoms with Gasteiger partial charge in [0.2, 0.25) is 5.91 Å². The lowest BCUT2D eigenvalue weighted by atomic mass is 9.72. The van der Waals surface area contributed by atoms with E-state index >= 15 is 0 Å². The van der Waals surface area contributed by atoms with Gasteiger partial charge in [0.15, 0.2) is 0 Å². The van der Waals surface area contributed by atoms with Crippen LogP contribution >= 0.6 is 0 Å². The zero-order valence-corrected chi connectivity index (χ0v) is 15.7. The third kappa shape index (κ3) is 2.83. The van der Waals surface area contributed by atoms with Gasteiger partial charge in [-0.15, -0.1) is 0 Å². The van der Waals surface area contributed by atoms with Crippen molar-refractivity contribution in [2.75, 3.05) is 26.7 Å². The Bertz CT molecular complexity index is 905. The van der Waals surface area contributed by atoms with Crippen molar-refractivity contribution in [3.05, 3.63) is 35.5 Å². The number of aromatic nitrogens is 1. The number of fused-ring (bicyclic) bond motifs is 2. The SMILES string of the molecule is CN1C[C@H](CCN2CCC(=O)NC2=O)C[C@@H]2c3cccc4[nH]cc(c34)C[C@H]21. The Labute approximate surface area is 158 Å². The molecule has 5 rings (SSSR count). The number of piperidine rings is 1. The van der Waals surface area contributed by atoms with Crippen molar-refractivity contribution in [3.63, 3.8) is 0 Å². The van der Waals surface area contributed by atoms with E-state index in [2.05, 4.69) is 46.6 Å². The first-order valence-corrected chi connectivity index (χ1v) is 9.98. The first-order valence-electron chi connectivity index (χ1n) is 9.98. The van der Waals surface area contributed by atoms with E-state index in [0.29, 0.717) is 30.8 Å². The van der Waals surface area contributed by atoms with Gasteiger partial charge in [-0.1, -0.05) is 12.1 Å². The summed E-state index contributed by atoms with van der Waals surface area (Å²) in [5, 5.41) is 3.86. The number of hydrogen-bond donors (Lipinski definition) is 2. The fourth-order valence-corrected chi connectivity index (χ4v) is 5.41. The lowest BCUT2D eigenvalue weighted by molar-refractivity contribution is -0.121. The largest absolute Gasteiger partial charge is 0.361 e. The number of nitrogens with zero attached hydrogens (tertiary/aromatic N) is 2. The van der Waals surface area contributed by atoms with Gasteiger partial charge < -0.3 is 14.8 Å². The second kappa shape index (κ2) is 6.37.